The Labute approximate surface area is 229 Å². The maximum Gasteiger partial charge on any atom is 0.417 e. The first-order valence-electron chi connectivity index (χ1n) is 12.8. The highest BCUT2D eigenvalue weighted by atomic mass is 32.2. The Morgan fingerprint density at radius 1 is 1.10 bits per heavy atom. The number of anilines is 2. The maximum absolute atomic E-state index is 13.6. The van der Waals surface area contributed by atoms with Crippen molar-refractivity contribution in [3.05, 3.63) is 65.9 Å². The summed E-state index contributed by atoms with van der Waals surface area (Å²) in [7, 11) is -4.42. The van der Waals surface area contributed by atoms with Crippen molar-refractivity contribution in [2.45, 2.75) is 48.7 Å². The molecule has 2 heterocycles. The monoisotopic (exact) mass is 575 g/mol. The molecule has 0 bridgehead atoms. The molecule has 40 heavy (non-hydrogen) atoms. The standard InChI is InChI=1S/C27H28F3N5O4S/c1-17-15-39-13-12-35(17)24-14-21(16-40(37,38)23-5-3-2-4-22(23)27(28,29)30)31-25(34-24)18-6-8-19(9-7-18)32-26(36)33-20-10-11-20/h2-9,14,17,20H,10-13,15-16H2,1H3,(H2,32,33,36)/t17-/m0/s1. The summed E-state index contributed by atoms with van der Waals surface area (Å²) in [5.41, 5.74) is -0.0709. The van der Waals surface area contributed by atoms with Gasteiger partial charge in [0.15, 0.2) is 15.7 Å². The molecule has 2 aromatic carbocycles. The van der Waals surface area contributed by atoms with Crippen LogP contribution in [-0.4, -0.2) is 56.3 Å². The van der Waals surface area contributed by atoms with Gasteiger partial charge in [-0.3, -0.25) is 0 Å². The number of halogens is 3. The molecule has 1 aliphatic carbocycles. The number of nitrogens with one attached hydrogen (secondary N) is 2. The summed E-state index contributed by atoms with van der Waals surface area (Å²) < 4.78 is 72.8. The zero-order valence-electron chi connectivity index (χ0n) is 21.6. The highest BCUT2D eigenvalue weighted by Gasteiger charge is 2.37. The second-order valence-electron chi connectivity index (χ2n) is 9.86. The number of carbonyl (C=O) groups excluding carboxylic acids is 1. The fourth-order valence-electron chi connectivity index (χ4n) is 4.43. The van der Waals surface area contributed by atoms with Gasteiger partial charge in [-0.2, -0.15) is 13.2 Å². The molecule has 1 aliphatic heterocycles. The van der Waals surface area contributed by atoms with E-state index >= 15 is 0 Å². The van der Waals surface area contributed by atoms with Gasteiger partial charge in [0, 0.05) is 29.9 Å². The molecule has 212 valence electrons. The summed E-state index contributed by atoms with van der Waals surface area (Å²) in [5.74, 6) is -0.0944. The molecular weight excluding hydrogens is 547 g/mol. The van der Waals surface area contributed by atoms with Crippen LogP contribution in [0.1, 0.15) is 31.0 Å². The Balaban J connectivity index is 1.48. The molecular formula is C27H28F3N5O4S. The van der Waals surface area contributed by atoms with Crippen molar-refractivity contribution in [3.63, 3.8) is 0 Å². The van der Waals surface area contributed by atoms with E-state index in [4.69, 9.17) is 4.74 Å². The average Bonchev–Trinajstić information content (AvgIpc) is 3.72. The fraction of sp³-hybridized carbons (Fsp3) is 0.370. The smallest absolute Gasteiger partial charge is 0.377 e. The number of nitrogens with zero attached hydrogens (tertiary/aromatic N) is 3. The lowest BCUT2D eigenvalue weighted by molar-refractivity contribution is -0.139. The first kappa shape index (κ1) is 27.8. The third kappa shape index (κ3) is 6.53. The number of hydrogen-bond donors (Lipinski definition) is 2. The SMILES string of the molecule is C[C@H]1COCCN1c1cc(CS(=O)(=O)c2ccccc2C(F)(F)F)nc(-c2ccc(NC(=O)NC3CC3)cc2)n1. The van der Waals surface area contributed by atoms with Crippen molar-refractivity contribution in [2.75, 3.05) is 30.0 Å². The van der Waals surface area contributed by atoms with E-state index in [1.807, 2.05) is 11.8 Å². The van der Waals surface area contributed by atoms with Crippen LogP contribution in [0, 0.1) is 0 Å². The van der Waals surface area contributed by atoms with Crippen molar-refractivity contribution < 1.29 is 31.1 Å². The minimum atomic E-state index is -4.83. The van der Waals surface area contributed by atoms with Crippen LogP contribution < -0.4 is 15.5 Å². The zero-order chi connectivity index (χ0) is 28.5. The van der Waals surface area contributed by atoms with E-state index in [2.05, 4.69) is 20.6 Å². The Kier molecular flexibility index (Phi) is 7.69. The number of aromatic nitrogens is 2. The van der Waals surface area contributed by atoms with Gasteiger partial charge in [-0.15, -0.1) is 0 Å². The summed E-state index contributed by atoms with van der Waals surface area (Å²) in [6.45, 7) is 3.32. The summed E-state index contributed by atoms with van der Waals surface area (Å²) >= 11 is 0. The molecule has 5 rings (SSSR count). The van der Waals surface area contributed by atoms with Crippen LogP contribution in [0.4, 0.5) is 29.5 Å². The van der Waals surface area contributed by atoms with Crippen LogP contribution in [0.25, 0.3) is 11.4 Å². The van der Waals surface area contributed by atoms with E-state index in [-0.39, 0.29) is 29.6 Å². The largest absolute Gasteiger partial charge is 0.417 e. The second kappa shape index (κ2) is 11.0. The number of rotatable bonds is 7. The number of amides is 2. The number of urea groups is 1. The number of carbonyl (C=O) groups is 1. The van der Waals surface area contributed by atoms with Crippen LogP contribution in [0.3, 0.4) is 0 Å². The van der Waals surface area contributed by atoms with Gasteiger partial charge in [0.2, 0.25) is 0 Å². The quantitative estimate of drug-likeness (QED) is 0.422. The molecule has 0 unspecified atom stereocenters. The van der Waals surface area contributed by atoms with Gasteiger partial charge in [-0.25, -0.2) is 23.2 Å². The molecule has 1 aromatic heterocycles. The molecule has 9 nitrogen and oxygen atoms in total. The van der Waals surface area contributed by atoms with Gasteiger partial charge >= 0.3 is 12.2 Å². The molecule has 0 radical (unpaired) electrons. The number of ether oxygens (including phenoxy) is 1. The molecule has 1 atom stereocenters. The number of morpholine rings is 1. The minimum absolute atomic E-state index is 0.0571. The van der Waals surface area contributed by atoms with E-state index in [9.17, 15) is 26.4 Å². The summed E-state index contributed by atoms with van der Waals surface area (Å²) in [6, 6.07) is 12.2. The molecule has 1 saturated heterocycles. The van der Waals surface area contributed by atoms with Crippen molar-refractivity contribution >= 4 is 27.4 Å². The van der Waals surface area contributed by atoms with Gasteiger partial charge in [-0.1, -0.05) is 12.1 Å². The highest BCUT2D eigenvalue weighted by molar-refractivity contribution is 7.90. The van der Waals surface area contributed by atoms with Crippen LogP contribution in [0.5, 0.6) is 0 Å². The van der Waals surface area contributed by atoms with Gasteiger partial charge in [-0.05, 0) is 56.2 Å². The third-order valence-electron chi connectivity index (χ3n) is 6.61. The molecule has 1 saturated carbocycles. The average molecular weight is 576 g/mol. The molecule has 2 amide bonds. The van der Waals surface area contributed by atoms with E-state index in [1.54, 1.807) is 24.3 Å². The fourth-order valence-corrected chi connectivity index (χ4v) is 5.93. The Morgan fingerprint density at radius 2 is 1.82 bits per heavy atom. The van der Waals surface area contributed by atoms with Gasteiger partial charge < -0.3 is 20.3 Å². The van der Waals surface area contributed by atoms with E-state index in [1.165, 1.54) is 12.1 Å². The molecule has 2 aliphatic rings. The molecule has 13 heteroatoms. The predicted octanol–water partition coefficient (Wildman–Crippen LogP) is 4.65. The first-order valence-corrected chi connectivity index (χ1v) is 14.4. The van der Waals surface area contributed by atoms with E-state index in [0.29, 0.717) is 36.8 Å². The summed E-state index contributed by atoms with van der Waals surface area (Å²) in [5, 5.41) is 5.59. The van der Waals surface area contributed by atoms with Crippen molar-refractivity contribution in [3.8, 4) is 11.4 Å². The van der Waals surface area contributed by atoms with Crippen molar-refractivity contribution in [1.29, 1.82) is 0 Å². The predicted molar refractivity (Wildman–Crippen MR) is 143 cm³/mol. The van der Waals surface area contributed by atoms with E-state index in [0.717, 1.165) is 31.0 Å². The Bertz CT molecular complexity index is 1490. The Morgan fingerprint density at radius 3 is 2.50 bits per heavy atom. The van der Waals surface area contributed by atoms with Gasteiger partial charge in [0.1, 0.15) is 5.82 Å². The summed E-state index contributed by atoms with van der Waals surface area (Å²) in [4.78, 5) is 22.3. The number of hydrogen-bond acceptors (Lipinski definition) is 7. The summed E-state index contributed by atoms with van der Waals surface area (Å²) in [6.07, 6.45) is -2.91. The van der Waals surface area contributed by atoms with Gasteiger partial charge in [0.05, 0.1) is 41.2 Å². The lowest BCUT2D eigenvalue weighted by atomic mass is 10.2. The first-order chi connectivity index (χ1) is 19.0. The molecule has 3 aromatic rings. The molecule has 2 N–H and O–H groups in total. The maximum atomic E-state index is 13.6. The lowest BCUT2D eigenvalue weighted by Crippen LogP contribution is -2.44. The second-order valence-corrected chi connectivity index (χ2v) is 11.8. The van der Waals surface area contributed by atoms with Gasteiger partial charge in [0.25, 0.3) is 0 Å². The number of sulfone groups is 1. The van der Waals surface area contributed by atoms with Crippen LogP contribution >= 0.6 is 0 Å². The normalized spacial score (nSPS) is 17.9. The molecule has 2 fully saturated rings. The molecule has 0 spiro atoms. The minimum Gasteiger partial charge on any atom is -0.377 e. The lowest BCUT2D eigenvalue weighted by Gasteiger charge is -2.34. The van der Waals surface area contributed by atoms with E-state index < -0.39 is 32.2 Å². The van der Waals surface area contributed by atoms with Crippen LogP contribution in [-0.2, 0) is 26.5 Å². The van der Waals surface area contributed by atoms with Crippen molar-refractivity contribution in [1.82, 2.24) is 15.3 Å². The number of benzene rings is 2. The zero-order valence-corrected chi connectivity index (χ0v) is 22.4. The van der Waals surface area contributed by atoms with Crippen molar-refractivity contribution in [2.24, 2.45) is 0 Å². The topological polar surface area (TPSA) is 114 Å². The Hall–Kier alpha value is -3.71. The highest BCUT2D eigenvalue weighted by Crippen LogP contribution is 2.35. The number of alkyl halides is 3. The van der Waals surface area contributed by atoms with Crippen LogP contribution in [0.15, 0.2) is 59.5 Å². The van der Waals surface area contributed by atoms with Crippen LogP contribution in [0.2, 0.25) is 0 Å². The third-order valence-corrected chi connectivity index (χ3v) is 8.31.